The summed E-state index contributed by atoms with van der Waals surface area (Å²) in [6, 6.07) is 0. The Hall–Kier alpha value is -1.52. The van der Waals surface area contributed by atoms with E-state index in [0.29, 0.717) is 6.08 Å². The molecule has 1 spiro atoms. The first kappa shape index (κ1) is 9.05. The quantitative estimate of drug-likeness (QED) is 0.631. The average molecular weight is 199 g/mol. The van der Waals surface area contributed by atoms with E-state index in [0.717, 1.165) is 0 Å². The van der Waals surface area contributed by atoms with E-state index in [1.54, 1.807) is 6.92 Å². The fourth-order valence-corrected chi connectivity index (χ4v) is 1.36. The van der Waals surface area contributed by atoms with E-state index in [9.17, 15) is 13.6 Å². The molecule has 1 aliphatic heterocycles. The van der Waals surface area contributed by atoms with Crippen LogP contribution in [0.15, 0.2) is 28.5 Å². The van der Waals surface area contributed by atoms with Gasteiger partial charge >= 0.3 is 5.97 Å². The number of aliphatic imine (C=N–C) groups is 1. The Balaban J connectivity index is 2.14. The van der Waals surface area contributed by atoms with Gasteiger partial charge in [0.25, 0.3) is 0 Å². The van der Waals surface area contributed by atoms with Crippen LogP contribution in [0.5, 0.6) is 0 Å². The highest BCUT2D eigenvalue weighted by atomic mass is 19.1. The molecule has 0 bridgehead atoms. The summed E-state index contributed by atoms with van der Waals surface area (Å²) in [4.78, 5) is 14.5. The largest absolute Gasteiger partial charge is 0.463 e. The van der Waals surface area contributed by atoms with Gasteiger partial charge in [0.1, 0.15) is 5.83 Å². The molecule has 1 heterocycles. The molecule has 0 aromatic rings. The van der Waals surface area contributed by atoms with E-state index < -0.39 is 23.3 Å². The highest BCUT2D eigenvalue weighted by Crippen LogP contribution is 2.48. The normalized spacial score (nSPS) is 28.4. The van der Waals surface area contributed by atoms with Crippen molar-refractivity contribution in [2.45, 2.75) is 12.5 Å². The summed E-state index contributed by atoms with van der Waals surface area (Å²) >= 11 is 0. The lowest BCUT2D eigenvalue weighted by Gasteiger charge is -2.05. The van der Waals surface area contributed by atoms with E-state index in [4.69, 9.17) is 0 Å². The van der Waals surface area contributed by atoms with Crippen LogP contribution in [0.1, 0.15) is 6.92 Å². The third-order valence-corrected chi connectivity index (χ3v) is 2.07. The maximum atomic E-state index is 13.1. The molecule has 0 aromatic carbocycles. The zero-order valence-corrected chi connectivity index (χ0v) is 7.38. The fourth-order valence-electron chi connectivity index (χ4n) is 1.36. The second kappa shape index (κ2) is 2.73. The third kappa shape index (κ3) is 1.08. The summed E-state index contributed by atoms with van der Waals surface area (Å²) in [6.45, 7) is 1.84. The molecule has 0 amide bonds. The number of carbonyl (C=O) groups is 1. The van der Waals surface area contributed by atoms with Gasteiger partial charge in [0.2, 0.25) is 5.97 Å². The minimum absolute atomic E-state index is 0.0701. The Labute approximate surface area is 78.8 Å². The molecule has 1 unspecified atom stereocenters. The van der Waals surface area contributed by atoms with E-state index in [1.165, 1.54) is 6.08 Å². The van der Waals surface area contributed by atoms with Crippen LogP contribution in [-0.4, -0.2) is 24.1 Å². The molecule has 0 fully saturated rings. The van der Waals surface area contributed by atoms with E-state index >= 15 is 0 Å². The fraction of sp³-hybridized carbons (Fsp3) is 0.333. The number of halogens is 2. The second-order valence-electron chi connectivity index (χ2n) is 2.97. The highest BCUT2D eigenvalue weighted by molar-refractivity contribution is 6.04. The zero-order chi connectivity index (χ0) is 10.3. The lowest BCUT2D eigenvalue weighted by Crippen LogP contribution is -2.15. The number of hydrogen-bond acceptors (Lipinski definition) is 3. The van der Waals surface area contributed by atoms with Crippen LogP contribution in [0.25, 0.3) is 0 Å². The van der Waals surface area contributed by atoms with Gasteiger partial charge < -0.3 is 4.74 Å². The van der Waals surface area contributed by atoms with Crippen molar-refractivity contribution in [3.05, 3.63) is 23.6 Å². The number of carbonyl (C=O) groups excluding carboxylic acids is 1. The van der Waals surface area contributed by atoms with Gasteiger partial charge in [-0.15, -0.1) is 0 Å². The third-order valence-electron chi connectivity index (χ3n) is 2.07. The molecule has 5 heteroatoms. The molecule has 2 rings (SSSR count). The van der Waals surface area contributed by atoms with Gasteiger partial charge in [-0.2, -0.15) is 4.39 Å². The number of nitrogens with zero attached hydrogens (tertiary/aromatic N) is 1. The van der Waals surface area contributed by atoms with Crippen molar-refractivity contribution in [2.24, 2.45) is 4.99 Å². The molecule has 0 saturated carbocycles. The van der Waals surface area contributed by atoms with Gasteiger partial charge in [-0.05, 0) is 13.0 Å². The van der Waals surface area contributed by atoms with Gasteiger partial charge in [-0.1, -0.05) is 0 Å². The average Bonchev–Trinajstić information content (AvgIpc) is 2.73. The summed E-state index contributed by atoms with van der Waals surface area (Å²) < 4.78 is 30.3. The Bertz CT molecular complexity index is 398. The summed E-state index contributed by atoms with van der Waals surface area (Å²) in [5.41, 5.74) is -1.39. The first-order chi connectivity index (χ1) is 6.60. The molecule has 1 aliphatic carbocycles. The van der Waals surface area contributed by atoms with Crippen LogP contribution in [0, 0.1) is 0 Å². The van der Waals surface area contributed by atoms with Gasteiger partial charge in [0, 0.05) is 6.08 Å². The number of hydrogen-bond donors (Lipinski definition) is 0. The van der Waals surface area contributed by atoms with Crippen molar-refractivity contribution in [3.63, 3.8) is 0 Å². The number of allylic oxidation sites excluding steroid dienone is 1. The van der Waals surface area contributed by atoms with Gasteiger partial charge in [-0.25, -0.2) is 14.2 Å². The smallest absolute Gasteiger partial charge is 0.337 e. The Morgan fingerprint density at radius 2 is 2.36 bits per heavy atom. The molecule has 1 atom stereocenters. The van der Waals surface area contributed by atoms with Crippen LogP contribution in [0.3, 0.4) is 0 Å². The number of rotatable bonds is 2. The van der Waals surface area contributed by atoms with Crippen LogP contribution < -0.4 is 0 Å². The number of ether oxygens (including phenoxy) is 1. The zero-order valence-electron chi connectivity index (χ0n) is 7.38. The summed E-state index contributed by atoms with van der Waals surface area (Å²) in [6.07, 6.45) is 1.92. The number of esters is 1. The van der Waals surface area contributed by atoms with Crippen LogP contribution in [0.2, 0.25) is 0 Å². The molecular formula is C9H7F2NO2. The predicted molar refractivity (Wildman–Crippen MR) is 45.2 cm³/mol. The molecule has 3 nitrogen and oxygen atoms in total. The standard InChI is InChI=1S/C9H7F2NO2/c1-2-14-8(13)5-4-9(5)6(10)3-7(11)12-9/h3-4H,2H2,1H3. The summed E-state index contributed by atoms with van der Waals surface area (Å²) in [7, 11) is 0. The Morgan fingerprint density at radius 1 is 1.64 bits per heavy atom. The maximum absolute atomic E-state index is 13.1. The minimum atomic E-state index is -1.46. The molecule has 2 aliphatic rings. The topological polar surface area (TPSA) is 38.7 Å². The van der Waals surface area contributed by atoms with Gasteiger partial charge in [0.05, 0.1) is 12.2 Å². The molecule has 0 saturated heterocycles. The maximum Gasteiger partial charge on any atom is 0.337 e. The molecule has 74 valence electrons. The molecule has 0 aromatic heterocycles. The lowest BCUT2D eigenvalue weighted by molar-refractivity contribution is -0.138. The van der Waals surface area contributed by atoms with Crippen molar-refractivity contribution < 1.29 is 18.3 Å². The monoisotopic (exact) mass is 199 g/mol. The molecule has 0 radical (unpaired) electrons. The van der Waals surface area contributed by atoms with E-state index in [2.05, 4.69) is 9.73 Å². The highest BCUT2D eigenvalue weighted by Gasteiger charge is 2.55. The van der Waals surface area contributed by atoms with Crippen molar-refractivity contribution >= 4 is 11.9 Å². The van der Waals surface area contributed by atoms with Crippen LogP contribution in [-0.2, 0) is 9.53 Å². The van der Waals surface area contributed by atoms with Gasteiger partial charge in [-0.3, -0.25) is 0 Å². The van der Waals surface area contributed by atoms with Crippen LogP contribution in [0.4, 0.5) is 8.78 Å². The van der Waals surface area contributed by atoms with Crippen molar-refractivity contribution in [2.75, 3.05) is 6.61 Å². The minimum Gasteiger partial charge on any atom is -0.463 e. The van der Waals surface area contributed by atoms with Crippen molar-refractivity contribution in [3.8, 4) is 0 Å². The summed E-state index contributed by atoms with van der Waals surface area (Å²) in [5.74, 6) is -2.31. The Morgan fingerprint density at radius 3 is 2.86 bits per heavy atom. The van der Waals surface area contributed by atoms with E-state index in [1.807, 2.05) is 0 Å². The first-order valence-electron chi connectivity index (χ1n) is 4.13. The van der Waals surface area contributed by atoms with Crippen LogP contribution >= 0.6 is 0 Å². The second-order valence-corrected chi connectivity index (χ2v) is 2.97. The molecule has 0 N–H and O–H groups in total. The summed E-state index contributed by atoms with van der Waals surface area (Å²) in [5, 5.41) is 0. The SMILES string of the molecule is CCOC(=O)C1=CC12N=C(F)C=C2F. The van der Waals surface area contributed by atoms with Crippen molar-refractivity contribution in [1.82, 2.24) is 0 Å². The first-order valence-corrected chi connectivity index (χ1v) is 4.13. The van der Waals surface area contributed by atoms with E-state index in [-0.39, 0.29) is 12.2 Å². The van der Waals surface area contributed by atoms with Gasteiger partial charge in [0.15, 0.2) is 5.54 Å². The lowest BCUT2D eigenvalue weighted by atomic mass is 10.1. The predicted octanol–water partition coefficient (Wildman–Crippen LogP) is 1.46. The molecular weight excluding hydrogens is 192 g/mol. The van der Waals surface area contributed by atoms with Crippen molar-refractivity contribution in [1.29, 1.82) is 0 Å². The Kier molecular flexibility index (Phi) is 1.77. The molecule has 14 heavy (non-hydrogen) atoms.